The number of aromatic carboxylic acids is 1. The number of carboxylic acid groups (broad SMARTS) is 1. The van der Waals surface area contributed by atoms with Crippen LogP contribution in [0, 0.1) is 11.6 Å². The fourth-order valence-electron chi connectivity index (χ4n) is 1.55. The highest BCUT2D eigenvalue weighted by Crippen LogP contribution is 2.15. The quantitative estimate of drug-likeness (QED) is 0.808. The van der Waals surface area contributed by atoms with Crippen LogP contribution in [0.1, 0.15) is 15.9 Å². The van der Waals surface area contributed by atoms with Crippen molar-refractivity contribution < 1.29 is 28.6 Å². The van der Waals surface area contributed by atoms with Gasteiger partial charge < -0.3 is 15.9 Å². The number of phenols is 1. The number of hydrogen-bond acceptors (Lipinski definition) is 3. The number of phenolic OH excluding ortho intramolecular Hbond substituents is 1. The molecule has 0 bridgehead atoms. The van der Waals surface area contributed by atoms with E-state index in [9.17, 15) is 18.4 Å². The molecule has 0 heterocycles. The summed E-state index contributed by atoms with van der Waals surface area (Å²) in [6.45, 7) is 0. The van der Waals surface area contributed by atoms with Gasteiger partial charge in [-0.25, -0.2) is 13.6 Å². The predicted octanol–water partition coefficient (Wildman–Crippen LogP) is 2.08. The summed E-state index contributed by atoms with van der Waals surface area (Å²) >= 11 is 0. The number of carbonyl (C=O) groups excluding carboxylic acids is 1. The summed E-state index contributed by atoms with van der Waals surface area (Å²) in [6.07, 6.45) is 0.0900. The number of para-hydroxylation sites is 1. The van der Waals surface area contributed by atoms with E-state index in [1.807, 2.05) is 0 Å². The SMILES string of the molecule is NC(=O)Cc1ccccc1O.O=C(O)c1c(F)cccc1F. The zero-order valence-corrected chi connectivity index (χ0v) is 11.3. The van der Waals surface area contributed by atoms with Crippen LogP contribution in [0.15, 0.2) is 42.5 Å². The first kappa shape index (κ1) is 17.1. The molecule has 1 amide bonds. The van der Waals surface area contributed by atoms with Crippen molar-refractivity contribution >= 4 is 11.9 Å². The normalized spacial score (nSPS) is 9.55. The largest absolute Gasteiger partial charge is 0.508 e. The van der Waals surface area contributed by atoms with Crippen molar-refractivity contribution in [2.24, 2.45) is 5.73 Å². The molecule has 0 saturated carbocycles. The first-order valence-electron chi connectivity index (χ1n) is 6.05. The van der Waals surface area contributed by atoms with Crippen LogP contribution in [0.3, 0.4) is 0 Å². The van der Waals surface area contributed by atoms with Crippen LogP contribution in [0.4, 0.5) is 8.78 Å². The molecule has 7 heteroatoms. The maximum Gasteiger partial charge on any atom is 0.341 e. The third-order valence-electron chi connectivity index (χ3n) is 2.53. The molecule has 0 aliphatic heterocycles. The van der Waals surface area contributed by atoms with Gasteiger partial charge in [0.1, 0.15) is 22.9 Å². The molecule has 0 spiro atoms. The summed E-state index contributed by atoms with van der Waals surface area (Å²) in [5, 5.41) is 17.4. The van der Waals surface area contributed by atoms with Crippen LogP contribution in [-0.2, 0) is 11.2 Å². The van der Waals surface area contributed by atoms with Gasteiger partial charge in [0.15, 0.2) is 0 Å². The highest BCUT2D eigenvalue weighted by Gasteiger charge is 2.14. The van der Waals surface area contributed by atoms with Crippen LogP contribution >= 0.6 is 0 Å². The topological polar surface area (TPSA) is 101 Å². The van der Waals surface area contributed by atoms with Crippen LogP contribution < -0.4 is 5.73 Å². The minimum Gasteiger partial charge on any atom is -0.508 e. The average Bonchev–Trinajstić information content (AvgIpc) is 2.41. The van der Waals surface area contributed by atoms with Crippen molar-refractivity contribution in [3.63, 3.8) is 0 Å². The summed E-state index contributed by atoms with van der Waals surface area (Å²) in [6, 6.07) is 9.53. The molecule has 0 fully saturated rings. The second kappa shape index (κ2) is 7.72. The number of nitrogens with two attached hydrogens (primary N) is 1. The van der Waals surface area contributed by atoms with Crippen molar-refractivity contribution in [2.45, 2.75) is 6.42 Å². The van der Waals surface area contributed by atoms with E-state index < -0.39 is 29.1 Å². The standard InChI is InChI=1S/C8H9NO2.C7H4F2O2/c9-8(11)5-6-3-1-2-4-7(6)10;8-4-2-1-3-5(9)6(4)7(10)11/h1-4,10H,5H2,(H2,9,11);1-3H,(H,10,11). The third-order valence-corrected chi connectivity index (χ3v) is 2.53. The Kier molecular flexibility index (Phi) is 6.00. The van der Waals surface area contributed by atoms with Crippen LogP contribution in [0.2, 0.25) is 0 Å². The average molecular weight is 309 g/mol. The Balaban J connectivity index is 0.000000220. The molecule has 0 aliphatic carbocycles. The lowest BCUT2D eigenvalue weighted by Crippen LogP contribution is -2.13. The molecule has 5 nitrogen and oxygen atoms in total. The molecule has 0 saturated heterocycles. The zero-order valence-electron chi connectivity index (χ0n) is 11.3. The van der Waals surface area contributed by atoms with Crippen LogP contribution in [0.5, 0.6) is 5.75 Å². The number of halogens is 2. The number of amides is 1. The van der Waals surface area contributed by atoms with Gasteiger partial charge in [-0.2, -0.15) is 0 Å². The highest BCUT2D eigenvalue weighted by atomic mass is 19.1. The smallest absolute Gasteiger partial charge is 0.341 e. The Morgan fingerprint density at radius 2 is 1.55 bits per heavy atom. The number of carboxylic acids is 1. The van der Waals surface area contributed by atoms with Gasteiger partial charge >= 0.3 is 5.97 Å². The number of primary amides is 1. The minimum absolute atomic E-state index is 0.0900. The lowest BCUT2D eigenvalue weighted by molar-refractivity contribution is -0.117. The van der Waals surface area contributed by atoms with Gasteiger partial charge in [0, 0.05) is 5.56 Å². The van der Waals surface area contributed by atoms with E-state index in [1.165, 1.54) is 6.07 Å². The van der Waals surface area contributed by atoms with Gasteiger partial charge in [-0.3, -0.25) is 4.79 Å². The Labute approximate surface area is 124 Å². The molecular formula is C15H13F2NO4. The fraction of sp³-hybridized carbons (Fsp3) is 0.0667. The predicted molar refractivity (Wildman–Crippen MR) is 74.3 cm³/mol. The molecule has 4 N–H and O–H groups in total. The lowest BCUT2D eigenvalue weighted by Gasteiger charge is -1.99. The number of hydrogen-bond donors (Lipinski definition) is 3. The molecule has 116 valence electrons. The molecule has 0 radical (unpaired) electrons. The maximum atomic E-state index is 12.5. The molecular weight excluding hydrogens is 296 g/mol. The van der Waals surface area contributed by atoms with Gasteiger partial charge in [0.25, 0.3) is 0 Å². The van der Waals surface area contributed by atoms with Crippen molar-refractivity contribution in [1.29, 1.82) is 0 Å². The van der Waals surface area contributed by atoms with E-state index in [0.717, 1.165) is 18.2 Å². The van der Waals surface area contributed by atoms with Crippen molar-refractivity contribution in [2.75, 3.05) is 0 Å². The second-order valence-electron chi connectivity index (χ2n) is 4.17. The Hall–Kier alpha value is -2.96. The van der Waals surface area contributed by atoms with Crippen molar-refractivity contribution in [3.8, 4) is 5.75 Å². The first-order valence-corrected chi connectivity index (χ1v) is 6.05. The van der Waals surface area contributed by atoms with Crippen LogP contribution in [0.25, 0.3) is 0 Å². The monoisotopic (exact) mass is 309 g/mol. The lowest BCUT2D eigenvalue weighted by atomic mass is 10.1. The molecule has 0 atom stereocenters. The first-order chi connectivity index (χ1) is 10.3. The van der Waals surface area contributed by atoms with Crippen molar-refractivity contribution in [1.82, 2.24) is 0 Å². The number of aromatic hydroxyl groups is 1. The van der Waals surface area contributed by atoms with Gasteiger partial charge in [0.05, 0.1) is 6.42 Å². The zero-order chi connectivity index (χ0) is 16.7. The summed E-state index contributed by atoms with van der Waals surface area (Å²) in [7, 11) is 0. The van der Waals surface area contributed by atoms with E-state index >= 15 is 0 Å². The van der Waals surface area contributed by atoms with Gasteiger partial charge in [-0.1, -0.05) is 24.3 Å². The Bertz CT molecular complexity index is 669. The number of benzene rings is 2. The minimum atomic E-state index is -1.60. The molecule has 22 heavy (non-hydrogen) atoms. The summed E-state index contributed by atoms with van der Waals surface area (Å²) in [5.41, 5.74) is 4.60. The summed E-state index contributed by atoms with van der Waals surface area (Å²) in [5.74, 6) is -4.03. The summed E-state index contributed by atoms with van der Waals surface area (Å²) < 4.78 is 25.0. The Morgan fingerprint density at radius 3 is 1.95 bits per heavy atom. The molecule has 2 rings (SSSR count). The molecule has 2 aromatic rings. The molecule has 2 aromatic carbocycles. The fourth-order valence-corrected chi connectivity index (χ4v) is 1.55. The number of rotatable bonds is 3. The van der Waals surface area contributed by atoms with Gasteiger partial charge in [-0.05, 0) is 18.2 Å². The summed E-state index contributed by atoms with van der Waals surface area (Å²) in [4.78, 5) is 20.6. The number of carbonyl (C=O) groups is 2. The van der Waals surface area contributed by atoms with E-state index in [1.54, 1.807) is 18.2 Å². The highest BCUT2D eigenvalue weighted by molar-refractivity contribution is 5.88. The van der Waals surface area contributed by atoms with E-state index in [-0.39, 0.29) is 12.2 Å². The van der Waals surface area contributed by atoms with Crippen LogP contribution in [-0.4, -0.2) is 22.1 Å². The third kappa shape index (κ3) is 4.86. The van der Waals surface area contributed by atoms with E-state index in [4.69, 9.17) is 15.9 Å². The van der Waals surface area contributed by atoms with E-state index in [0.29, 0.717) is 5.56 Å². The molecule has 0 aliphatic rings. The molecule has 0 unspecified atom stereocenters. The molecule has 0 aromatic heterocycles. The van der Waals surface area contributed by atoms with Gasteiger partial charge in [-0.15, -0.1) is 0 Å². The second-order valence-corrected chi connectivity index (χ2v) is 4.17. The van der Waals surface area contributed by atoms with Crippen molar-refractivity contribution in [3.05, 3.63) is 65.2 Å². The maximum absolute atomic E-state index is 12.5. The van der Waals surface area contributed by atoms with E-state index in [2.05, 4.69) is 0 Å². The Morgan fingerprint density at radius 1 is 1.00 bits per heavy atom. The van der Waals surface area contributed by atoms with Gasteiger partial charge in [0.2, 0.25) is 5.91 Å².